The molecule has 0 bridgehead atoms. The molecule has 0 unspecified atom stereocenters. The lowest BCUT2D eigenvalue weighted by atomic mass is 10.00. The average molecular weight is 420 g/mol. The Bertz CT molecular complexity index is 1010. The van der Waals surface area contributed by atoms with Crippen molar-refractivity contribution in [3.05, 3.63) is 47.0 Å². The van der Waals surface area contributed by atoms with Crippen LogP contribution in [0.15, 0.2) is 24.3 Å². The Morgan fingerprint density at radius 1 is 1.10 bits per heavy atom. The quantitative estimate of drug-likeness (QED) is 0.817. The van der Waals surface area contributed by atoms with Crippen molar-refractivity contribution in [2.45, 2.75) is 38.0 Å². The fourth-order valence-electron chi connectivity index (χ4n) is 4.15. The normalized spacial score (nSPS) is 19.9. The summed E-state index contributed by atoms with van der Waals surface area (Å²) in [4.78, 5) is 13.3. The van der Waals surface area contributed by atoms with Gasteiger partial charge in [0.1, 0.15) is 23.3 Å². The molecule has 7 nitrogen and oxygen atoms in total. The lowest BCUT2D eigenvalue weighted by molar-refractivity contribution is 0.523. The van der Waals surface area contributed by atoms with Crippen molar-refractivity contribution in [1.29, 1.82) is 0 Å². The number of aryl methyl sites for hydroxylation is 1. The van der Waals surface area contributed by atoms with Crippen LogP contribution < -0.4 is 14.5 Å². The molecule has 4 rings (SSSR count). The summed E-state index contributed by atoms with van der Waals surface area (Å²) in [6.07, 6.45) is 2.27. The van der Waals surface area contributed by atoms with Crippen molar-refractivity contribution in [2.75, 3.05) is 36.5 Å². The number of nitrogens with one attached hydrogen (secondary N) is 1. The number of hydrogen-bond donors (Lipinski definition) is 1. The van der Waals surface area contributed by atoms with Gasteiger partial charge in [-0.1, -0.05) is 6.07 Å². The summed E-state index contributed by atoms with van der Waals surface area (Å²) < 4.78 is 40.6. The van der Waals surface area contributed by atoms with Crippen molar-refractivity contribution < 1.29 is 12.8 Å². The second-order valence-electron chi connectivity index (χ2n) is 7.68. The van der Waals surface area contributed by atoms with Gasteiger partial charge in [-0.15, -0.1) is 0 Å². The lowest BCUT2D eigenvalue weighted by Gasteiger charge is -2.34. The van der Waals surface area contributed by atoms with E-state index in [1.807, 2.05) is 24.0 Å². The van der Waals surface area contributed by atoms with E-state index in [1.165, 1.54) is 18.7 Å². The molecule has 0 saturated carbocycles. The molecule has 1 saturated heterocycles. The van der Waals surface area contributed by atoms with Gasteiger partial charge in [-0.2, -0.15) is 0 Å². The first-order valence-corrected chi connectivity index (χ1v) is 11.5. The molecule has 1 fully saturated rings. The minimum atomic E-state index is -3.32. The fraction of sp³-hybridized carbons (Fsp3) is 0.500. The highest BCUT2D eigenvalue weighted by atomic mass is 32.2. The van der Waals surface area contributed by atoms with Crippen LogP contribution in [-0.4, -0.2) is 50.3 Å². The number of benzene rings is 1. The first-order valence-electron chi connectivity index (χ1n) is 9.91. The second-order valence-corrected chi connectivity index (χ2v) is 9.84. The van der Waals surface area contributed by atoms with E-state index >= 15 is 0 Å². The van der Waals surface area contributed by atoms with Gasteiger partial charge in [0, 0.05) is 32.2 Å². The number of hydrogen-bond acceptors (Lipinski definition) is 6. The summed E-state index contributed by atoms with van der Waals surface area (Å²) in [5.74, 6) is 1.95. The van der Waals surface area contributed by atoms with E-state index in [-0.39, 0.29) is 5.82 Å². The summed E-state index contributed by atoms with van der Waals surface area (Å²) >= 11 is 0. The highest BCUT2D eigenvalue weighted by molar-refractivity contribution is 7.90. The Labute approximate surface area is 171 Å². The number of anilines is 2. The second kappa shape index (κ2) is 7.87. The van der Waals surface area contributed by atoms with Gasteiger partial charge in [-0.3, -0.25) is 0 Å². The SMILES string of the molecule is CNS(=O)(=O)[C@H]1CCCN(c2cc(N3CCc4ccc(F)cc4C3)nc(C)n2)C1. The van der Waals surface area contributed by atoms with E-state index in [0.29, 0.717) is 25.3 Å². The van der Waals surface area contributed by atoms with Gasteiger partial charge >= 0.3 is 0 Å². The number of rotatable bonds is 4. The predicted octanol–water partition coefficient (Wildman–Crippen LogP) is 2.00. The predicted molar refractivity (Wildman–Crippen MR) is 111 cm³/mol. The Balaban J connectivity index is 1.58. The van der Waals surface area contributed by atoms with Crippen molar-refractivity contribution in [2.24, 2.45) is 0 Å². The average Bonchev–Trinajstić information content (AvgIpc) is 2.73. The molecule has 1 aromatic carbocycles. The summed E-state index contributed by atoms with van der Waals surface area (Å²) in [6.45, 7) is 4.41. The van der Waals surface area contributed by atoms with Crippen molar-refractivity contribution in [3.8, 4) is 0 Å². The van der Waals surface area contributed by atoms with Crippen molar-refractivity contribution in [3.63, 3.8) is 0 Å². The minimum Gasteiger partial charge on any atom is -0.355 e. The molecule has 0 aliphatic carbocycles. The van der Waals surface area contributed by atoms with E-state index in [1.54, 1.807) is 6.07 Å². The van der Waals surface area contributed by atoms with E-state index in [9.17, 15) is 12.8 Å². The van der Waals surface area contributed by atoms with Crippen molar-refractivity contribution >= 4 is 21.7 Å². The molecule has 1 atom stereocenters. The molecule has 1 N–H and O–H groups in total. The van der Waals surface area contributed by atoms with Gasteiger partial charge in [0.25, 0.3) is 0 Å². The van der Waals surface area contributed by atoms with Crippen LogP contribution in [0, 0.1) is 12.7 Å². The van der Waals surface area contributed by atoms with Crippen LogP contribution in [-0.2, 0) is 23.0 Å². The van der Waals surface area contributed by atoms with Gasteiger partial charge in [0.2, 0.25) is 10.0 Å². The molecule has 0 radical (unpaired) electrons. The summed E-state index contributed by atoms with van der Waals surface area (Å²) in [6, 6.07) is 6.88. The molecule has 2 aliphatic heterocycles. The Morgan fingerprint density at radius 3 is 2.62 bits per heavy atom. The van der Waals surface area contributed by atoms with Crippen LogP contribution in [0.4, 0.5) is 16.0 Å². The fourth-order valence-corrected chi connectivity index (χ4v) is 5.33. The number of fused-ring (bicyclic) bond motifs is 1. The number of sulfonamides is 1. The smallest absolute Gasteiger partial charge is 0.215 e. The monoisotopic (exact) mass is 419 g/mol. The van der Waals surface area contributed by atoms with E-state index < -0.39 is 15.3 Å². The van der Waals surface area contributed by atoms with Crippen LogP contribution in [0.25, 0.3) is 0 Å². The molecule has 29 heavy (non-hydrogen) atoms. The molecule has 0 spiro atoms. The molecule has 0 amide bonds. The maximum Gasteiger partial charge on any atom is 0.215 e. The van der Waals surface area contributed by atoms with Gasteiger partial charge in [-0.05, 0) is 56.5 Å². The zero-order valence-corrected chi connectivity index (χ0v) is 17.5. The number of halogens is 1. The van der Waals surface area contributed by atoms with Crippen LogP contribution >= 0.6 is 0 Å². The molecule has 1 aromatic heterocycles. The van der Waals surface area contributed by atoms with Gasteiger partial charge in [0.05, 0.1) is 5.25 Å². The number of aromatic nitrogens is 2. The first kappa shape index (κ1) is 20.0. The number of piperidine rings is 1. The third kappa shape index (κ3) is 4.20. The summed E-state index contributed by atoms with van der Waals surface area (Å²) in [7, 11) is -1.86. The summed E-state index contributed by atoms with van der Waals surface area (Å²) in [5.41, 5.74) is 2.15. The topological polar surface area (TPSA) is 78.4 Å². The Morgan fingerprint density at radius 2 is 1.86 bits per heavy atom. The molecular formula is C20H26FN5O2S. The Kier molecular flexibility index (Phi) is 5.44. The molecular weight excluding hydrogens is 393 g/mol. The maximum atomic E-state index is 13.7. The third-order valence-electron chi connectivity index (χ3n) is 5.74. The van der Waals surface area contributed by atoms with Crippen LogP contribution in [0.1, 0.15) is 29.8 Å². The number of nitrogens with zero attached hydrogens (tertiary/aromatic N) is 4. The maximum absolute atomic E-state index is 13.7. The highest BCUT2D eigenvalue weighted by Crippen LogP contribution is 2.28. The zero-order chi connectivity index (χ0) is 20.6. The van der Waals surface area contributed by atoms with Gasteiger partial charge < -0.3 is 9.80 Å². The first-order chi connectivity index (χ1) is 13.9. The summed E-state index contributed by atoms with van der Waals surface area (Å²) in [5, 5.41) is -0.454. The molecule has 156 valence electrons. The van der Waals surface area contributed by atoms with E-state index in [2.05, 4.69) is 19.6 Å². The van der Waals surface area contributed by atoms with Gasteiger partial charge in [0.15, 0.2) is 0 Å². The standard InChI is InChI=1S/C20H26FN5O2S/c1-14-23-19(25-8-3-4-18(13-25)29(27,28)22-2)11-20(24-14)26-9-7-15-5-6-17(21)10-16(15)12-26/h5-6,10-11,18,22H,3-4,7-9,12-13H2,1-2H3/t18-/m0/s1. The largest absolute Gasteiger partial charge is 0.355 e. The van der Waals surface area contributed by atoms with E-state index in [4.69, 9.17) is 0 Å². The third-order valence-corrected chi connectivity index (χ3v) is 7.57. The minimum absolute atomic E-state index is 0.227. The van der Waals surface area contributed by atoms with Crippen LogP contribution in [0.5, 0.6) is 0 Å². The molecule has 3 heterocycles. The van der Waals surface area contributed by atoms with Crippen LogP contribution in [0.2, 0.25) is 0 Å². The molecule has 2 aliphatic rings. The van der Waals surface area contributed by atoms with Crippen molar-refractivity contribution in [1.82, 2.24) is 14.7 Å². The zero-order valence-electron chi connectivity index (χ0n) is 16.7. The lowest BCUT2D eigenvalue weighted by Crippen LogP contribution is -2.46. The van der Waals surface area contributed by atoms with E-state index in [0.717, 1.165) is 43.1 Å². The highest BCUT2D eigenvalue weighted by Gasteiger charge is 2.31. The Hall–Kier alpha value is -2.26. The van der Waals surface area contributed by atoms with Crippen LogP contribution in [0.3, 0.4) is 0 Å². The molecule has 9 heteroatoms. The van der Waals surface area contributed by atoms with Gasteiger partial charge in [-0.25, -0.2) is 27.5 Å². The molecule has 2 aromatic rings.